The number of hydrogen-bond donors (Lipinski definition) is 2. The summed E-state index contributed by atoms with van der Waals surface area (Å²) in [6, 6.07) is 0. The van der Waals surface area contributed by atoms with Crippen LogP contribution in [0, 0.1) is 40.4 Å². The maximum Gasteiger partial charge on any atom is 0.165 e. The highest BCUT2D eigenvalue weighted by Gasteiger charge is 2.61. The molecule has 25 heavy (non-hydrogen) atoms. The molecule has 4 fully saturated rings. The van der Waals surface area contributed by atoms with Gasteiger partial charge < -0.3 is 14.9 Å². The topological polar surface area (TPSA) is 49.7 Å². The van der Waals surface area contributed by atoms with E-state index in [2.05, 4.69) is 13.8 Å². The largest absolute Gasteiger partial charge is 0.396 e. The Morgan fingerprint density at radius 2 is 1.68 bits per heavy atom. The molecule has 2 N–H and O–H groups in total. The first-order valence-corrected chi connectivity index (χ1v) is 10.8. The van der Waals surface area contributed by atoms with Gasteiger partial charge in [0.2, 0.25) is 0 Å². The van der Waals surface area contributed by atoms with Gasteiger partial charge >= 0.3 is 0 Å². The summed E-state index contributed by atoms with van der Waals surface area (Å²) >= 11 is 0. The number of aliphatic hydroxyl groups is 2. The second-order valence-electron chi connectivity index (χ2n) is 10.2. The van der Waals surface area contributed by atoms with Crippen LogP contribution >= 0.6 is 0 Å². The Morgan fingerprint density at radius 3 is 2.40 bits per heavy atom. The van der Waals surface area contributed by atoms with Crippen LogP contribution in [0.15, 0.2) is 0 Å². The van der Waals surface area contributed by atoms with Crippen LogP contribution in [-0.2, 0) is 4.74 Å². The van der Waals surface area contributed by atoms with Crippen molar-refractivity contribution in [3.8, 4) is 0 Å². The van der Waals surface area contributed by atoms with Gasteiger partial charge in [-0.05, 0) is 92.3 Å². The Bertz CT molecular complexity index is 508. The minimum absolute atomic E-state index is 0.375. The van der Waals surface area contributed by atoms with Gasteiger partial charge in [-0.15, -0.1) is 0 Å². The lowest BCUT2D eigenvalue weighted by atomic mass is 9.44. The summed E-state index contributed by atoms with van der Waals surface area (Å²) in [5.74, 6) is 2.73. The van der Waals surface area contributed by atoms with E-state index < -0.39 is 5.79 Å². The molecule has 3 heteroatoms. The summed E-state index contributed by atoms with van der Waals surface area (Å²) < 4.78 is 5.74. The van der Waals surface area contributed by atoms with Crippen molar-refractivity contribution in [1.29, 1.82) is 0 Å². The van der Waals surface area contributed by atoms with Gasteiger partial charge in [0.1, 0.15) is 0 Å². The number of aliphatic hydroxyl groups excluding tert-OH is 1. The standard InChI is InChI=1S/C22H38O3/c1-4-25-22(24)12-11-21(3)15(13-22)5-7-17-18-8-6-16(14-23)20(18,2)10-9-19(17)21/h15-19,23-24H,4-14H2,1-3H3/t15?,16?,17-,18?,19?,20+,21-,22?/m0/s1. The van der Waals surface area contributed by atoms with E-state index in [9.17, 15) is 10.2 Å². The zero-order valence-corrected chi connectivity index (χ0v) is 16.5. The maximum absolute atomic E-state index is 10.8. The molecule has 0 heterocycles. The van der Waals surface area contributed by atoms with Crippen LogP contribution in [0.2, 0.25) is 0 Å². The van der Waals surface area contributed by atoms with Gasteiger partial charge in [-0.3, -0.25) is 0 Å². The molecule has 5 unspecified atom stereocenters. The number of fused-ring (bicyclic) bond motifs is 5. The first-order chi connectivity index (χ1) is 11.9. The third kappa shape index (κ3) is 2.63. The third-order valence-corrected chi connectivity index (χ3v) is 9.51. The van der Waals surface area contributed by atoms with Gasteiger partial charge in [-0.1, -0.05) is 13.8 Å². The molecule has 4 rings (SSSR count). The summed E-state index contributed by atoms with van der Waals surface area (Å²) in [7, 11) is 0. The Labute approximate surface area is 153 Å². The zero-order chi connectivity index (χ0) is 17.9. The van der Waals surface area contributed by atoms with Gasteiger partial charge in [0.05, 0.1) is 0 Å². The van der Waals surface area contributed by atoms with Gasteiger partial charge in [0.25, 0.3) is 0 Å². The molecule has 4 saturated carbocycles. The molecule has 4 aliphatic carbocycles. The molecular weight excluding hydrogens is 312 g/mol. The molecule has 0 radical (unpaired) electrons. The number of rotatable bonds is 3. The predicted octanol–water partition coefficient (Wildman–Crippen LogP) is 4.36. The first-order valence-electron chi connectivity index (χ1n) is 10.8. The lowest BCUT2D eigenvalue weighted by Crippen LogP contribution is -2.56. The van der Waals surface area contributed by atoms with Crippen molar-refractivity contribution in [3.05, 3.63) is 0 Å². The summed E-state index contributed by atoms with van der Waals surface area (Å²) in [4.78, 5) is 0. The molecule has 144 valence electrons. The molecule has 0 saturated heterocycles. The molecule has 3 nitrogen and oxygen atoms in total. The predicted molar refractivity (Wildman–Crippen MR) is 98.9 cm³/mol. The van der Waals surface area contributed by atoms with Crippen LogP contribution in [0.3, 0.4) is 0 Å². The highest BCUT2D eigenvalue weighted by Crippen LogP contribution is 2.67. The Balaban J connectivity index is 1.56. The molecule has 0 amide bonds. The van der Waals surface area contributed by atoms with Gasteiger partial charge in [0, 0.05) is 26.1 Å². The van der Waals surface area contributed by atoms with Crippen LogP contribution < -0.4 is 0 Å². The second-order valence-corrected chi connectivity index (χ2v) is 10.2. The average molecular weight is 351 g/mol. The summed E-state index contributed by atoms with van der Waals surface area (Å²) in [5, 5.41) is 20.7. The molecule has 0 bridgehead atoms. The lowest BCUT2D eigenvalue weighted by molar-refractivity contribution is -0.257. The molecule has 0 spiro atoms. The minimum atomic E-state index is -0.871. The van der Waals surface area contributed by atoms with Crippen molar-refractivity contribution in [1.82, 2.24) is 0 Å². The van der Waals surface area contributed by atoms with Gasteiger partial charge in [-0.2, -0.15) is 0 Å². The molecular formula is C22H38O3. The van der Waals surface area contributed by atoms with Gasteiger partial charge in [-0.25, -0.2) is 0 Å². The Kier molecular flexibility index (Phi) is 4.53. The van der Waals surface area contributed by atoms with E-state index in [4.69, 9.17) is 4.74 Å². The Morgan fingerprint density at radius 1 is 0.920 bits per heavy atom. The molecule has 0 aromatic heterocycles. The molecule has 0 aromatic carbocycles. The van der Waals surface area contributed by atoms with Crippen LogP contribution in [-0.4, -0.2) is 29.2 Å². The molecule has 0 aliphatic heterocycles. The van der Waals surface area contributed by atoms with Crippen molar-refractivity contribution in [2.75, 3.05) is 13.2 Å². The molecule has 0 aromatic rings. The first kappa shape index (κ1) is 18.3. The quantitative estimate of drug-likeness (QED) is 0.744. The highest BCUT2D eigenvalue weighted by molar-refractivity contribution is 5.09. The maximum atomic E-state index is 10.8. The zero-order valence-electron chi connectivity index (χ0n) is 16.5. The smallest absolute Gasteiger partial charge is 0.165 e. The fraction of sp³-hybridized carbons (Fsp3) is 1.00. The normalized spacial score (nSPS) is 55.3. The van der Waals surface area contributed by atoms with E-state index in [1.165, 1.54) is 38.5 Å². The van der Waals surface area contributed by atoms with E-state index >= 15 is 0 Å². The summed E-state index contributed by atoms with van der Waals surface area (Å²) in [6.07, 6.45) is 10.5. The van der Waals surface area contributed by atoms with Crippen LogP contribution in [0.1, 0.15) is 78.6 Å². The van der Waals surface area contributed by atoms with Crippen molar-refractivity contribution in [2.24, 2.45) is 40.4 Å². The second kappa shape index (κ2) is 6.21. The van der Waals surface area contributed by atoms with Crippen molar-refractivity contribution in [2.45, 2.75) is 84.3 Å². The van der Waals surface area contributed by atoms with E-state index in [-0.39, 0.29) is 0 Å². The minimum Gasteiger partial charge on any atom is -0.396 e. The lowest BCUT2D eigenvalue weighted by Gasteiger charge is -2.61. The van der Waals surface area contributed by atoms with Crippen LogP contribution in [0.4, 0.5) is 0 Å². The SMILES string of the molecule is CCOC1(O)CC[C@@]2(C)C(CC[C@@H]3C2CC[C@]2(C)C(CO)CCC32)C1. The van der Waals surface area contributed by atoms with Crippen molar-refractivity contribution in [3.63, 3.8) is 0 Å². The van der Waals surface area contributed by atoms with Gasteiger partial charge in [0.15, 0.2) is 5.79 Å². The number of ether oxygens (including phenoxy) is 1. The van der Waals surface area contributed by atoms with Crippen LogP contribution in [0.25, 0.3) is 0 Å². The fourth-order valence-electron chi connectivity index (χ4n) is 8.02. The van der Waals surface area contributed by atoms with Crippen molar-refractivity contribution >= 4 is 0 Å². The molecule has 4 aliphatic rings. The molecule has 8 atom stereocenters. The van der Waals surface area contributed by atoms with E-state index in [0.717, 1.165) is 37.0 Å². The van der Waals surface area contributed by atoms with E-state index in [1.807, 2.05) is 6.92 Å². The average Bonchev–Trinajstić information content (AvgIpc) is 2.92. The highest BCUT2D eigenvalue weighted by atomic mass is 16.6. The third-order valence-electron chi connectivity index (χ3n) is 9.51. The van der Waals surface area contributed by atoms with E-state index in [1.54, 1.807) is 0 Å². The Hall–Kier alpha value is -0.120. The number of hydrogen-bond acceptors (Lipinski definition) is 3. The van der Waals surface area contributed by atoms with E-state index in [0.29, 0.717) is 35.9 Å². The summed E-state index contributed by atoms with van der Waals surface area (Å²) in [6.45, 7) is 7.98. The van der Waals surface area contributed by atoms with Crippen LogP contribution in [0.5, 0.6) is 0 Å². The fourth-order valence-corrected chi connectivity index (χ4v) is 8.02. The monoisotopic (exact) mass is 350 g/mol. The van der Waals surface area contributed by atoms with Crippen molar-refractivity contribution < 1.29 is 14.9 Å². The summed E-state index contributed by atoms with van der Waals surface area (Å²) in [5.41, 5.74) is 0.755.